The Kier molecular flexibility index (Phi) is 6.28. The minimum absolute atomic E-state index is 0.309. The van der Waals surface area contributed by atoms with Crippen LogP contribution in [0.2, 0.25) is 0 Å². The molecule has 3 amide bonds. The highest BCUT2D eigenvalue weighted by atomic mass is 79.9. The number of thiophene rings is 1. The number of carbonyl (C=O) groups is 3. The van der Waals surface area contributed by atoms with E-state index in [9.17, 15) is 14.4 Å². The van der Waals surface area contributed by atoms with Gasteiger partial charge in [-0.2, -0.15) is 0 Å². The summed E-state index contributed by atoms with van der Waals surface area (Å²) in [6.07, 6.45) is 0.415. The zero-order valence-corrected chi connectivity index (χ0v) is 18.8. The van der Waals surface area contributed by atoms with Gasteiger partial charge < -0.3 is 15.4 Å². The molecule has 7 nitrogen and oxygen atoms in total. The Bertz CT molecular complexity index is 957. The number of amides is 3. The van der Waals surface area contributed by atoms with Gasteiger partial charge in [-0.3, -0.25) is 14.5 Å². The lowest BCUT2D eigenvalue weighted by molar-refractivity contribution is -0.120. The summed E-state index contributed by atoms with van der Waals surface area (Å²) in [6, 6.07) is 8.80. The Labute approximate surface area is 181 Å². The van der Waals surface area contributed by atoms with E-state index in [1.54, 1.807) is 49.1 Å². The molecule has 2 heterocycles. The lowest BCUT2D eigenvalue weighted by atomic mass is 10.0. The Morgan fingerprint density at radius 2 is 2.00 bits per heavy atom. The number of hydrogen-bond acceptors (Lipinski definition) is 5. The minimum atomic E-state index is -1.11. The van der Waals surface area contributed by atoms with Gasteiger partial charge in [-0.15, -0.1) is 11.3 Å². The predicted molar refractivity (Wildman–Crippen MR) is 117 cm³/mol. The molecule has 1 aliphatic rings. The third kappa shape index (κ3) is 4.97. The van der Waals surface area contributed by atoms with E-state index in [0.29, 0.717) is 23.7 Å². The van der Waals surface area contributed by atoms with E-state index >= 15 is 0 Å². The van der Waals surface area contributed by atoms with Crippen LogP contribution in [0.3, 0.4) is 0 Å². The van der Waals surface area contributed by atoms with Crippen molar-refractivity contribution >= 4 is 56.5 Å². The molecule has 2 aromatic rings. The standard InChI is InChI=1S/C20H22BrN3O4S/c1-12-11-13(5-6-14(12)24-9-4-10-28-19(24)27)22-18(26)20(2,3)23-17(25)15-7-8-16(21)29-15/h5-8,11H,4,9-10H2,1-3H3,(H,22,26)(H,23,25). The van der Waals surface area contributed by atoms with Gasteiger partial charge in [0, 0.05) is 12.2 Å². The van der Waals surface area contributed by atoms with Gasteiger partial charge in [0.2, 0.25) is 5.91 Å². The molecule has 0 unspecified atom stereocenters. The fourth-order valence-corrected chi connectivity index (χ4v) is 4.21. The molecule has 0 atom stereocenters. The van der Waals surface area contributed by atoms with Gasteiger partial charge in [0.15, 0.2) is 0 Å². The molecule has 3 rings (SSSR count). The second-order valence-corrected chi connectivity index (χ2v) is 9.72. The monoisotopic (exact) mass is 479 g/mol. The molecular formula is C20H22BrN3O4S. The quantitative estimate of drug-likeness (QED) is 0.668. The SMILES string of the molecule is Cc1cc(NC(=O)C(C)(C)NC(=O)c2ccc(Br)s2)ccc1N1CCCOC1=O. The maximum atomic E-state index is 12.7. The molecule has 1 aromatic heterocycles. The van der Waals surface area contributed by atoms with Crippen molar-refractivity contribution in [3.05, 3.63) is 44.6 Å². The van der Waals surface area contributed by atoms with E-state index < -0.39 is 5.54 Å². The van der Waals surface area contributed by atoms with Gasteiger partial charge in [0.05, 0.1) is 21.0 Å². The summed E-state index contributed by atoms with van der Waals surface area (Å²) in [4.78, 5) is 39.2. The van der Waals surface area contributed by atoms with Crippen molar-refractivity contribution < 1.29 is 19.1 Å². The Morgan fingerprint density at radius 1 is 1.24 bits per heavy atom. The maximum absolute atomic E-state index is 12.7. The van der Waals surface area contributed by atoms with Crippen molar-refractivity contribution in [2.24, 2.45) is 0 Å². The van der Waals surface area contributed by atoms with Crippen molar-refractivity contribution in [3.63, 3.8) is 0 Å². The van der Waals surface area contributed by atoms with E-state index in [1.807, 2.05) is 6.92 Å². The average Bonchev–Trinajstić information content (AvgIpc) is 3.09. The molecule has 1 saturated heterocycles. The van der Waals surface area contributed by atoms with E-state index in [-0.39, 0.29) is 17.9 Å². The smallest absolute Gasteiger partial charge is 0.414 e. The number of cyclic esters (lactones) is 1. The normalized spacial score (nSPS) is 14.3. The largest absolute Gasteiger partial charge is 0.449 e. The summed E-state index contributed by atoms with van der Waals surface area (Å²) in [6.45, 7) is 6.20. The Hall–Kier alpha value is -2.39. The molecule has 0 radical (unpaired) electrons. The number of halogens is 1. The van der Waals surface area contributed by atoms with Crippen molar-refractivity contribution in [2.75, 3.05) is 23.4 Å². The van der Waals surface area contributed by atoms with Gasteiger partial charge in [-0.25, -0.2) is 4.79 Å². The minimum Gasteiger partial charge on any atom is -0.449 e. The maximum Gasteiger partial charge on any atom is 0.414 e. The Morgan fingerprint density at radius 3 is 2.62 bits per heavy atom. The molecule has 29 heavy (non-hydrogen) atoms. The summed E-state index contributed by atoms with van der Waals surface area (Å²) >= 11 is 4.63. The molecule has 1 fully saturated rings. The van der Waals surface area contributed by atoms with Crippen LogP contribution < -0.4 is 15.5 Å². The second-order valence-electron chi connectivity index (χ2n) is 7.26. The molecule has 1 aliphatic heterocycles. The van der Waals surface area contributed by atoms with Crippen molar-refractivity contribution in [1.29, 1.82) is 0 Å². The molecule has 9 heteroatoms. The zero-order valence-electron chi connectivity index (χ0n) is 16.4. The van der Waals surface area contributed by atoms with E-state index in [1.165, 1.54) is 11.3 Å². The van der Waals surface area contributed by atoms with Gasteiger partial charge >= 0.3 is 6.09 Å². The summed E-state index contributed by atoms with van der Waals surface area (Å²) in [5, 5.41) is 5.59. The summed E-state index contributed by atoms with van der Waals surface area (Å²) in [5.41, 5.74) is 1.06. The lowest BCUT2D eigenvalue weighted by Gasteiger charge is -2.28. The van der Waals surface area contributed by atoms with Crippen LogP contribution in [-0.4, -0.2) is 36.6 Å². The van der Waals surface area contributed by atoms with Gasteiger partial charge in [0.25, 0.3) is 5.91 Å². The van der Waals surface area contributed by atoms with Gasteiger partial charge in [0.1, 0.15) is 5.54 Å². The van der Waals surface area contributed by atoms with E-state index in [0.717, 1.165) is 21.5 Å². The highest BCUT2D eigenvalue weighted by Gasteiger charge is 2.30. The van der Waals surface area contributed by atoms with Gasteiger partial charge in [-0.05, 0) is 79.0 Å². The topological polar surface area (TPSA) is 87.7 Å². The number of aryl methyl sites for hydroxylation is 1. The summed E-state index contributed by atoms with van der Waals surface area (Å²) in [5.74, 6) is -0.651. The fourth-order valence-electron chi connectivity index (χ4n) is 2.93. The molecule has 1 aromatic carbocycles. The van der Waals surface area contributed by atoms with Crippen LogP contribution in [0, 0.1) is 6.92 Å². The number of carbonyl (C=O) groups excluding carboxylic acids is 3. The molecule has 2 N–H and O–H groups in total. The average molecular weight is 480 g/mol. The predicted octanol–water partition coefficient (Wildman–Crippen LogP) is 4.31. The molecule has 0 bridgehead atoms. The van der Waals surface area contributed by atoms with Crippen LogP contribution in [0.5, 0.6) is 0 Å². The fraction of sp³-hybridized carbons (Fsp3) is 0.350. The number of hydrogen-bond donors (Lipinski definition) is 2. The number of anilines is 2. The molecule has 0 saturated carbocycles. The van der Waals surface area contributed by atoms with Crippen molar-refractivity contribution in [1.82, 2.24) is 5.32 Å². The third-order valence-electron chi connectivity index (χ3n) is 4.51. The first kappa shape index (κ1) is 21.3. The number of nitrogens with zero attached hydrogens (tertiary/aromatic N) is 1. The Balaban J connectivity index is 1.68. The zero-order chi connectivity index (χ0) is 21.2. The van der Waals surface area contributed by atoms with Crippen LogP contribution in [0.1, 0.15) is 35.5 Å². The number of nitrogens with one attached hydrogen (secondary N) is 2. The molecule has 0 aliphatic carbocycles. The summed E-state index contributed by atoms with van der Waals surface area (Å²) < 4.78 is 5.93. The first-order valence-corrected chi connectivity index (χ1v) is 10.7. The molecule has 0 spiro atoms. The molecule has 154 valence electrons. The molecular weight excluding hydrogens is 458 g/mol. The van der Waals surface area contributed by atoms with E-state index in [2.05, 4.69) is 26.6 Å². The van der Waals surface area contributed by atoms with Crippen molar-refractivity contribution in [2.45, 2.75) is 32.7 Å². The van der Waals surface area contributed by atoms with Crippen LogP contribution in [0.25, 0.3) is 0 Å². The van der Waals surface area contributed by atoms with Gasteiger partial charge in [-0.1, -0.05) is 0 Å². The number of rotatable bonds is 5. The van der Waals surface area contributed by atoms with Crippen LogP contribution in [0.15, 0.2) is 34.1 Å². The number of benzene rings is 1. The van der Waals surface area contributed by atoms with Crippen LogP contribution >= 0.6 is 27.3 Å². The first-order chi connectivity index (χ1) is 13.7. The van der Waals surface area contributed by atoms with Crippen molar-refractivity contribution in [3.8, 4) is 0 Å². The van der Waals surface area contributed by atoms with Crippen LogP contribution in [0.4, 0.5) is 16.2 Å². The summed E-state index contributed by atoms with van der Waals surface area (Å²) in [7, 11) is 0. The lowest BCUT2D eigenvalue weighted by Crippen LogP contribution is -2.52. The first-order valence-electron chi connectivity index (χ1n) is 9.11. The highest BCUT2D eigenvalue weighted by Crippen LogP contribution is 2.27. The third-order valence-corrected chi connectivity index (χ3v) is 6.13. The number of ether oxygens (including phenoxy) is 1. The van der Waals surface area contributed by atoms with Crippen LogP contribution in [-0.2, 0) is 9.53 Å². The second kappa shape index (κ2) is 8.54. The van der Waals surface area contributed by atoms with E-state index in [4.69, 9.17) is 4.74 Å². The highest BCUT2D eigenvalue weighted by molar-refractivity contribution is 9.11.